The highest BCUT2D eigenvalue weighted by atomic mass is 35.5. The van der Waals surface area contributed by atoms with Gasteiger partial charge in [-0.3, -0.25) is 0 Å². The van der Waals surface area contributed by atoms with Crippen LogP contribution in [0.3, 0.4) is 0 Å². The van der Waals surface area contributed by atoms with Crippen molar-refractivity contribution in [2.45, 2.75) is 32.1 Å². The Labute approximate surface area is 90.7 Å². The van der Waals surface area contributed by atoms with Crippen molar-refractivity contribution in [3.63, 3.8) is 0 Å². The third-order valence-corrected chi connectivity index (χ3v) is 2.76. The molecule has 0 nitrogen and oxygen atoms in total. The summed E-state index contributed by atoms with van der Waals surface area (Å²) in [6.45, 7) is 6.18. The molecule has 0 spiro atoms. The van der Waals surface area contributed by atoms with Gasteiger partial charge in [0.05, 0.1) is 0 Å². The van der Waals surface area contributed by atoms with E-state index in [1.54, 1.807) is 0 Å². The number of thioether (sulfide) groups is 1. The van der Waals surface area contributed by atoms with Crippen LogP contribution in [-0.2, 0) is 0 Å². The summed E-state index contributed by atoms with van der Waals surface area (Å²) >= 11 is 7.61. The molecule has 0 atom stereocenters. The maximum atomic E-state index is 5.74. The van der Waals surface area contributed by atoms with Crippen LogP contribution >= 0.6 is 23.4 Å². The normalized spacial score (nSPS) is 8.92. The molecule has 13 heavy (non-hydrogen) atoms. The molecule has 0 heterocycles. The minimum atomic E-state index is 0.811. The molecule has 1 aromatic rings. The molecule has 0 bridgehead atoms. The molecular weight excluding hydrogens is 200 g/mol. The monoisotopic (exact) mass is 216 g/mol. The van der Waals surface area contributed by atoms with Gasteiger partial charge in [0.2, 0.25) is 0 Å². The van der Waals surface area contributed by atoms with Crippen LogP contribution in [0.5, 0.6) is 0 Å². The number of halogens is 1. The first-order chi connectivity index (χ1) is 6.33. The van der Waals surface area contributed by atoms with E-state index in [0.717, 1.165) is 5.02 Å². The average Bonchev–Trinajstić information content (AvgIpc) is 2.20. The smallest absolute Gasteiger partial charge is 0.0406 e. The van der Waals surface area contributed by atoms with Crippen molar-refractivity contribution >= 4 is 23.4 Å². The second kappa shape index (κ2) is 8.46. The lowest BCUT2D eigenvalue weighted by Crippen LogP contribution is -1.74. The van der Waals surface area contributed by atoms with Gasteiger partial charge in [0.25, 0.3) is 0 Å². The van der Waals surface area contributed by atoms with E-state index in [9.17, 15) is 0 Å². The summed E-state index contributed by atoms with van der Waals surface area (Å²) in [6.07, 6.45) is 1.22. The largest absolute Gasteiger partial charge is 0.126 e. The van der Waals surface area contributed by atoms with Crippen molar-refractivity contribution in [3.8, 4) is 0 Å². The predicted molar refractivity (Wildman–Crippen MR) is 63.8 cm³/mol. The van der Waals surface area contributed by atoms with Crippen LogP contribution in [0.25, 0.3) is 0 Å². The predicted octanol–water partition coefficient (Wildman–Crippen LogP) is 4.87. The molecule has 0 radical (unpaired) electrons. The van der Waals surface area contributed by atoms with Gasteiger partial charge < -0.3 is 0 Å². The Morgan fingerprint density at radius 3 is 2.15 bits per heavy atom. The summed E-state index contributed by atoms with van der Waals surface area (Å²) in [7, 11) is 0. The van der Waals surface area contributed by atoms with Crippen LogP contribution in [-0.4, -0.2) is 5.75 Å². The summed E-state index contributed by atoms with van der Waals surface area (Å²) in [4.78, 5) is 1.30. The summed E-state index contributed by atoms with van der Waals surface area (Å²) in [5, 5.41) is 0.811. The van der Waals surface area contributed by atoms with Crippen molar-refractivity contribution in [3.05, 3.63) is 29.3 Å². The molecule has 1 aromatic carbocycles. The molecule has 0 unspecified atom stereocenters. The maximum absolute atomic E-state index is 5.74. The molecule has 0 aliphatic rings. The Morgan fingerprint density at radius 2 is 1.69 bits per heavy atom. The molecule has 0 N–H and O–H groups in total. The summed E-state index contributed by atoms with van der Waals surface area (Å²) in [5.74, 6) is 1.18. The second-order valence-electron chi connectivity index (χ2n) is 2.30. The van der Waals surface area contributed by atoms with Gasteiger partial charge >= 0.3 is 0 Å². The molecule has 0 aromatic heterocycles. The first-order valence-electron chi connectivity index (χ1n) is 4.71. The molecule has 0 amide bonds. The fourth-order valence-corrected chi connectivity index (χ4v) is 1.65. The minimum absolute atomic E-state index is 0.811. The third kappa shape index (κ3) is 6.00. The van der Waals surface area contributed by atoms with Gasteiger partial charge in [-0.1, -0.05) is 32.4 Å². The molecule has 0 aliphatic carbocycles. The Hall–Kier alpha value is -0.140. The first kappa shape index (κ1) is 12.9. The first-order valence-corrected chi connectivity index (χ1v) is 6.07. The van der Waals surface area contributed by atoms with Gasteiger partial charge in [0, 0.05) is 9.92 Å². The van der Waals surface area contributed by atoms with Gasteiger partial charge in [0.15, 0.2) is 0 Å². The van der Waals surface area contributed by atoms with E-state index in [-0.39, 0.29) is 0 Å². The molecule has 0 saturated heterocycles. The van der Waals surface area contributed by atoms with Crippen LogP contribution in [0.4, 0.5) is 0 Å². The Bertz CT molecular complexity index is 206. The Balaban J connectivity index is 0.000000671. The highest BCUT2D eigenvalue weighted by molar-refractivity contribution is 7.99. The van der Waals surface area contributed by atoms with E-state index in [0.29, 0.717) is 0 Å². The van der Waals surface area contributed by atoms with Crippen LogP contribution in [0.2, 0.25) is 5.02 Å². The van der Waals surface area contributed by atoms with Gasteiger partial charge in [-0.25, -0.2) is 0 Å². The molecule has 2 heteroatoms. The van der Waals surface area contributed by atoms with Crippen molar-refractivity contribution in [1.29, 1.82) is 0 Å². The molecule has 74 valence electrons. The van der Waals surface area contributed by atoms with Gasteiger partial charge in [-0.2, -0.15) is 0 Å². The van der Waals surface area contributed by atoms with E-state index in [2.05, 4.69) is 19.1 Å². The molecular formula is C11H17ClS. The van der Waals surface area contributed by atoms with Crippen molar-refractivity contribution in [1.82, 2.24) is 0 Å². The number of benzene rings is 1. The quantitative estimate of drug-likeness (QED) is 0.650. The summed E-state index contributed by atoms with van der Waals surface area (Å²) in [5.41, 5.74) is 0. The maximum Gasteiger partial charge on any atom is 0.0406 e. The molecule has 0 saturated carbocycles. The zero-order valence-corrected chi connectivity index (χ0v) is 10.1. The molecule has 0 fully saturated rings. The van der Waals surface area contributed by atoms with Crippen molar-refractivity contribution in [2.75, 3.05) is 5.75 Å². The molecule has 1 rings (SSSR count). The van der Waals surface area contributed by atoms with Crippen molar-refractivity contribution in [2.24, 2.45) is 0 Å². The van der Waals surface area contributed by atoms with Gasteiger partial charge in [0.1, 0.15) is 0 Å². The standard InChI is InChI=1S/C9H11ClS.C2H6/c1-2-7-11-9-5-3-8(10)4-6-9;1-2/h3-6H,2,7H2,1H3;1-2H3. The van der Waals surface area contributed by atoms with Crippen molar-refractivity contribution < 1.29 is 0 Å². The average molecular weight is 217 g/mol. The topological polar surface area (TPSA) is 0 Å². The van der Waals surface area contributed by atoms with E-state index >= 15 is 0 Å². The Kier molecular flexibility index (Phi) is 8.37. The highest BCUT2D eigenvalue weighted by Crippen LogP contribution is 2.20. The van der Waals surface area contributed by atoms with E-state index in [1.807, 2.05) is 37.7 Å². The van der Waals surface area contributed by atoms with Crippen LogP contribution in [0.1, 0.15) is 27.2 Å². The van der Waals surface area contributed by atoms with E-state index < -0.39 is 0 Å². The second-order valence-corrected chi connectivity index (χ2v) is 3.91. The zero-order valence-electron chi connectivity index (χ0n) is 8.51. The summed E-state index contributed by atoms with van der Waals surface area (Å²) in [6, 6.07) is 7.98. The lowest BCUT2D eigenvalue weighted by atomic mass is 10.4. The number of hydrogen-bond acceptors (Lipinski definition) is 1. The SMILES string of the molecule is CC.CCCSc1ccc(Cl)cc1. The van der Waals surface area contributed by atoms with Crippen LogP contribution in [0.15, 0.2) is 29.2 Å². The summed E-state index contributed by atoms with van der Waals surface area (Å²) < 4.78 is 0. The minimum Gasteiger partial charge on any atom is -0.126 e. The number of hydrogen-bond donors (Lipinski definition) is 0. The van der Waals surface area contributed by atoms with Crippen LogP contribution in [0, 0.1) is 0 Å². The van der Waals surface area contributed by atoms with Gasteiger partial charge in [-0.05, 0) is 36.4 Å². The van der Waals surface area contributed by atoms with Gasteiger partial charge in [-0.15, -0.1) is 11.8 Å². The fourth-order valence-electron chi connectivity index (χ4n) is 0.751. The Morgan fingerprint density at radius 1 is 1.15 bits per heavy atom. The fraction of sp³-hybridized carbons (Fsp3) is 0.455. The van der Waals surface area contributed by atoms with Crippen LogP contribution < -0.4 is 0 Å². The highest BCUT2D eigenvalue weighted by Gasteiger charge is 1.91. The third-order valence-electron chi connectivity index (χ3n) is 1.29. The zero-order chi connectivity index (χ0) is 10.1. The lowest BCUT2D eigenvalue weighted by molar-refractivity contribution is 1.10. The number of rotatable bonds is 3. The lowest BCUT2D eigenvalue weighted by Gasteiger charge is -1.97. The van der Waals surface area contributed by atoms with E-state index in [1.165, 1.54) is 17.1 Å². The molecule has 0 aliphatic heterocycles. The van der Waals surface area contributed by atoms with E-state index in [4.69, 9.17) is 11.6 Å².